The molecule has 0 amide bonds. The fourth-order valence-corrected chi connectivity index (χ4v) is 1.27. The topological polar surface area (TPSA) is 37.0 Å². The van der Waals surface area contributed by atoms with Crippen molar-refractivity contribution in [2.45, 2.75) is 19.5 Å². The van der Waals surface area contributed by atoms with Crippen LogP contribution in [-0.2, 0) is 0 Å². The first kappa shape index (κ1) is 6.46. The molecule has 0 saturated carbocycles. The van der Waals surface area contributed by atoms with Crippen LogP contribution in [0.1, 0.15) is 13.8 Å². The molecule has 2 heterocycles. The van der Waals surface area contributed by atoms with Crippen molar-refractivity contribution in [1.29, 1.82) is 0 Å². The molecule has 0 saturated heterocycles. The van der Waals surface area contributed by atoms with Crippen molar-refractivity contribution in [3.05, 3.63) is 18.3 Å². The zero-order valence-electron chi connectivity index (χ0n) is 6.68. The van der Waals surface area contributed by atoms with Crippen LogP contribution in [0.2, 0.25) is 0 Å². The summed E-state index contributed by atoms with van der Waals surface area (Å²) in [6.07, 6.45) is 1.79. The normalized spacial score (nSPS) is 18.4. The van der Waals surface area contributed by atoms with Crippen LogP contribution in [-0.4, -0.2) is 10.6 Å². The quantitative estimate of drug-likeness (QED) is 0.589. The zero-order chi connectivity index (χ0) is 7.90. The van der Waals surface area contributed by atoms with Gasteiger partial charge in [0.25, 0.3) is 0 Å². The van der Waals surface area contributed by atoms with Crippen molar-refractivity contribution in [3.63, 3.8) is 0 Å². The Morgan fingerprint density at radius 2 is 2.18 bits per heavy atom. The summed E-state index contributed by atoms with van der Waals surface area (Å²) in [4.78, 5) is 4.18. The molecule has 2 N–H and O–H groups in total. The van der Waals surface area contributed by atoms with Crippen LogP contribution in [0.15, 0.2) is 18.3 Å². The highest BCUT2D eigenvalue weighted by Crippen LogP contribution is 2.30. The first-order valence-corrected chi connectivity index (χ1v) is 3.69. The van der Waals surface area contributed by atoms with Gasteiger partial charge in [0.05, 0.1) is 5.69 Å². The van der Waals surface area contributed by atoms with Gasteiger partial charge in [-0.1, -0.05) is 0 Å². The summed E-state index contributed by atoms with van der Waals surface area (Å²) in [5.74, 6) is 0.942. The van der Waals surface area contributed by atoms with Gasteiger partial charge in [0.1, 0.15) is 5.66 Å². The molecule has 0 unspecified atom stereocenters. The summed E-state index contributed by atoms with van der Waals surface area (Å²) in [6.45, 7) is 4.16. The number of pyridine rings is 1. The lowest BCUT2D eigenvalue weighted by Gasteiger charge is -2.18. The molecule has 3 nitrogen and oxygen atoms in total. The van der Waals surface area contributed by atoms with Gasteiger partial charge in [0.15, 0.2) is 5.82 Å². The molecule has 0 radical (unpaired) electrons. The minimum atomic E-state index is -0.0588. The molecule has 0 spiro atoms. The van der Waals surface area contributed by atoms with Crippen molar-refractivity contribution in [2.24, 2.45) is 0 Å². The molecule has 0 bridgehead atoms. The molecule has 0 fully saturated rings. The Bertz CT molecular complexity index is 253. The number of hydrogen-bond donors (Lipinski definition) is 2. The lowest BCUT2D eigenvalue weighted by Crippen LogP contribution is -2.33. The maximum absolute atomic E-state index is 4.18. The highest BCUT2D eigenvalue weighted by molar-refractivity contribution is 5.71. The summed E-state index contributed by atoms with van der Waals surface area (Å²) in [5, 5.41) is 6.55. The van der Waals surface area contributed by atoms with Crippen molar-refractivity contribution < 1.29 is 0 Å². The van der Waals surface area contributed by atoms with E-state index in [9.17, 15) is 0 Å². The third-order valence-corrected chi connectivity index (χ3v) is 1.69. The average molecular weight is 149 g/mol. The predicted octanol–water partition coefficient (Wildman–Crippen LogP) is 1.66. The second-order valence-electron chi connectivity index (χ2n) is 3.27. The SMILES string of the molecule is CC1(C)Nc2cccnc2N1. The highest BCUT2D eigenvalue weighted by atomic mass is 15.3. The second kappa shape index (κ2) is 1.87. The van der Waals surface area contributed by atoms with Gasteiger partial charge in [-0.05, 0) is 26.0 Å². The largest absolute Gasteiger partial charge is 0.360 e. The van der Waals surface area contributed by atoms with E-state index in [1.165, 1.54) is 0 Å². The molecule has 0 aliphatic carbocycles. The van der Waals surface area contributed by atoms with E-state index >= 15 is 0 Å². The summed E-state index contributed by atoms with van der Waals surface area (Å²) in [5.41, 5.74) is 1.02. The lowest BCUT2D eigenvalue weighted by atomic mass is 10.3. The Labute approximate surface area is 65.8 Å². The van der Waals surface area contributed by atoms with Crippen LogP contribution in [0.3, 0.4) is 0 Å². The molecule has 0 atom stereocenters. The first-order valence-electron chi connectivity index (χ1n) is 3.69. The van der Waals surface area contributed by atoms with Crippen molar-refractivity contribution in [2.75, 3.05) is 10.6 Å². The smallest absolute Gasteiger partial charge is 0.151 e. The fraction of sp³-hybridized carbons (Fsp3) is 0.375. The van der Waals surface area contributed by atoms with Gasteiger partial charge in [0.2, 0.25) is 0 Å². The molecular formula is C8H11N3. The fourth-order valence-electron chi connectivity index (χ4n) is 1.27. The van der Waals surface area contributed by atoms with E-state index in [0.717, 1.165) is 11.5 Å². The average Bonchev–Trinajstić information content (AvgIpc) is 2.21. The predicted molar refractivity (Wildman–Crippen MR) is 45.6 cm³/mol. The van der Waals surface area contributed by atoms with Crippen LogP contribution >= 0.6 is 0 Å². The van der Waals surface area contributed by atoms with Crippen LogP contribution in [0.4, 0.5) is 11.5 Å². The van der Waals surface area contributed by atoms with Crippen LogP contribution < -0.4 is 10.6 Å². The number of rotatable bonds is 0. The molecule has 0 aromatic carbocycles. The van der Waals surface area contributed by atoms with Crippen molar-refractivity contribution >= 4 is 11.5 Å². The number of aromatic nitrogens is 1. The van der Waals surface area contributed by atoms with Gasteiger partial charge in [-0.2, -0.15) is 0 Å². The van der Waals surface area contributed by atoms with Gasteiger partial charge in [-0.3, -0.25) is 0 Å². The Morgan fingerprint density at radius 1 is 1.36 bits per heavy atom. The van der Waals surface area contributed by atoms with Crippen LogP contribution in [0.5, 0.6) is 0 Å². The summed E-state index contributed by atoms with van der Waals surface area (Å²) in [6, 6.07) is 3.94. The monoisotopic (exact) mass is 149 g/mol. The Hall–Kier alpha value is -1.25. The van der Waals surface area contributed by atoms with E-state index in [0.29, 0.717) is 0 Å². The maximum Gasteiger partial charge on any atom is 0.151 e. The maximum atomic E-state index is 4.18. The number of anilines is 2. The highest BCUT2D eigenvalue weighted by Gasteiger charge is 2.26. The standard InChI is InChI=1S/C8H11N3/c1-8(2)10-6-4-3-5-9-7(6)11-8/h3-5,10H,1-2H3,(H,9,11). The van der Waals surface area contributed by atoms with E-state index in [-0.39, 0.29) is 5.66 Å². The first-order chi connectivity index (χ1) is 5.17. The number of fused-ring (bicyclic) bond motifs is 1. The third-order valence-electron chi connectivity index (χ3n) is 1.69. The molecule has 1 aromatic heterocycles. The van der Waals surface area contributed by atoms with Gasteiger partial charge >= 0.3 is 0 Å². The molecule has 1 aromatic rings. The molecule has 1 aliphatic heterocycles. The van der Waals surface area contributed by atoms with Crippen LogP contribution in [0.25, 0.3) is 0 Å². The molecule has 1 aliphatic rings. The van der Waals surface area contributed by atoms with Crippen molar-refractivity contribution in [1.82, 2.24) is 4.98 Å². The zero-order valence-corrected chi connectivity index (χ0v) is 6.68. The van der Waals surface area contributed by atoms with E-state index in [4.69, 9.17) is 0 Å². The van der Waals surface area contributed by atoms with Gasteiger partial charge < -0.3 is 10.6 Å². The minimum absolute atomic E-state index is 0.0588. The van der Waals surface area contributed by atoms with Gasteiger partial charge in [0, 0.05) is 6.20 Å². The molecule has 2 rings (SSSR count). The Morgan fingerprint density at radius 3 is 2.91 bits per heavy atom. The molecule has 11 heavy (non-hydrogen) atoms. The number of hydrogen-bond acceptors (Lipinski definition) is 3. The Balaban J connectivity index is 2.41. The lowest BCUT2D eigenvalue weighted by molar-refractivity contribution is 0.673. The minimum Gasteiger partial charge on any atom is -0.360 e. The number of nitrogens with one attached hydrogen (secondary N) is 2. The molecular weight excluding hydrogens is 138 g/mol. The van der Waals surface area contributed by atoms with E-state index in [2.05, 4.69) is 29.5 Å². The third kappa shape index (κ3) is 1.02. The van der Waals surface area contributed by atoms with E-state index in [1.807, 2.05) is 12.1 Å². The van der Waals surface area contributed by atoms with Crippen LogP contribution in [0, 0.1) is 0 Å². The summed E-state index contributed by atoms with van der Waals surface area (Å²) in [7, 11) is 0. The Kier molecular flexibility index (Phi) is 1.10. The second-order valence-corrected chi connectivity index (χ2v) is 3.27. The van der Waals surface area contributed by atoms with Gasteiger partial charge in [-0.25, -0.2) is 4.98 Å². The summed E-state index contributed by atoms with van der Waals surface area (Å²) < 4.78 is 0. The van der Waals surface area contributed by atoms with Gasteiger partial charge in [-0.15, -0.1) is 0 Å². The van der Waals surface area contributed by atoms with Crippen molar-refractivity contribution in [3.8, 4) is 0 Å². The molecule has 58 valence electrons. The summed E-state index contributed by atoms with van der Waals surface area (Å²) >= 11 is 0. The molecule has 3 heteroatoms. The van der Waals surface area contributed by atoms with E-state index < -0.39 is 0 Å². The van der Waals surface area contributed by atoms with E-state index in [1.54, 1.807) is 6.20 Å². The number of nitrogens with zero attached hydrogens (tertiary/aromatic N) is 1.